The molecule has 0 saturated carbocycles. The van der Waals surface area contributed by atoms with Gasteiger partial charge in [0.2, 0.25) is 0 Å². The van der Waals surface area contributed by atoms with Gasteiger partial charge in [-0.15, -0.1) is 0 Å². The highest BCUT2D eigenvalue weighted by Gasteiger charge is 2.26. The third-order valence-electron chi connectivity index (χ3n) is 4.72. The number of amides is 1. The van der Waals surface area contributed by atoms with Gasteiger partial charge in [-0.1, -0.05) is 18.2 Å². The number of benzene rings is 2. The smallest absolute Gasteiger partial charge is 0.256 e. The lowest BCUT2D eigenvalue weighted by Gasteiger charge is -2.20. The molecule has 1 aliphatic rings. The van der Waals surface area contributed by atoms with E-state index < -0.39 is 28.9 Å². The average molecular weight is 344 g/mol. The highest BCUT2D eigenvalue weighted by molar-refractivity contribution is 5.94. The molecular weight excluding hydrogens is 329 g/mol. The Morgan fingerprint density at radius 2 is 1.72 bits per heavy atom. The summed E-state index contributed by atoms with van der Waals surface area (Å²) in [4.78, 5) is 17.4. The molecule has 0 bridgehead atoms. The molecule has 0 radical (unpaired) electrons. The van der Waals surface area contributed by atoms with Gasteiger partial charge in [-0.2, -0.15) is 0 Å². The minimum atomic E-state index is -1.61. The monoisotopic (exact) mass is 344 g/mol. The number of nitrogens with zero attached hydrogens (tertiary/aromatic N) is 1. The Kier molecular flexibility index (Phi) is 3.75. The van der Waals surface area contributed by atoms with Crippen LogP contribution in [0, 0.1) is 17.5 Å². The molecule has 1 amide bonds. The van der Waals surface area contributed by atoms with Crippen molar-refractivity contribution < 1.29 is 18.0 Å². The first-order valence-corrected chi connectivity index (χ1v) is 8.07. The van der Waals surface area contributed by atoms with Gasteiger partial charge in [0.15, 0.2) is 17.5 Å². The van der Waals surface area contributed by atoms with Crippen LogP contribution in [0.15, 0.2) is 36.4 Å². The maximum atomic E-state index is 13.9. The predicted octanol–water partition coefficient (Wildman–Crippen LogP) is 3.83. The zero-order valence-corrected chi connectivity index (χ0v) is 13.3. The molecule has 0 unspecified atom stereocenters. The van der Waals surface area contributed by atoms with E-state index in [4.69, 9.17) is 0 Å². The van der Waals surface area contributed by atoms with Gasteiger partial charge in [-0.05, 0) is 30.2 Å². The van der Waals surface area contributed by atoms with Crippen LogP contribution in [0.3, 0.4) is 0 Å². The van der Waals surface area contributed by atoms with E-state index in [1.807, 2.05) is 24.3 Å². The van der Waals surface area contributed by atoms with Gasteiger partial charge in [0.25, 0.3) is 5.91 Å². The first-order valence-electron chi connectivity index (χ1n) is 8.07. The minimum absolute atomic E-state index is 0.386. The Morgan fingerprint density at radius 3 is 2.56 bits per heavy atom. The highest BCUT2D eigenvalue weighted by Crippen LogP contribution is 2.26. The third-order valence-corrected chi connectivity index (χ3v) is 4.72. The standard InChI is InChI=1S/C19H15F3N2O/c20-14-6-5-13(17(21)18(14)22)19(25)24-9-7-12-11-3-1-2-4-15(11)23-16(12)8-10-24/h1-6,23H,7-10H2. The topological polar surface area (TPSA) is 36.1 Å². The van der Waals surface area contributed by atoms with Crippen molar-refractivity contribution in [2.24, 2.45) is 0 Å². The third kappa shape index (κ3) is 2.58. The number of aromatic nitrogens is 1. The largest absolute Gasteiger partial charge is 0.358 e. The maximum absolute atomic E-state index is 13.9. The second-order valence-electron chi connectivity index (χ2n) is 6.14. The van der Waals surface area contributed by atoms with Crippen molar-refractivity contribution in [1.82, 2.24) is 9.88 Å². The van der Waals surface area contributed by atoms with Crippen molar-refractivity contribution in [1.29, 1.82) is 0 Å². The van der Waals surface area contributed by atoms with Crippen molar-refractivity contribution in [2.75, 3.05) is 13.1 Å². The molecule has 2 aromatic carbocycles. The molecule has 1 N–H and O–H groups in total. The molecular formula is C19H15F3N2O. The molecule has 0 saturated heterocycles. The Hall–Kier alpha value is -2.76. The van der Waals surface area contributed by atoms with Crippen LogP contribution in [0.25, 0.3) is 10.9 Å². The number of fused-ring (bicyclic) bond motifs is 3. The molecule has 0 spiro atoms. The Bertz CT molecular complexity index is 980. The number of hydrogen-bond donors (Lipinski definition) is 1. The number of nitrogens with one attached hydrogen (secondary N) is 1. The van der Waals surface area contributed by atoms with E-state index in [1.165, 1.54) is 4.90 Å². The van der Waals surface area contributed by atoms with E-state index in [0.29, 0.717) is 25.9 Å². The van der Waals surface area contributed by atoms with Gasteiger partial charge in [0.05, 0.1) is 5.56 Å². The van der Waals surface area contributed by atoms with E-state index in [2.05, 4.69) is 4.98 Å². The lowest BCUT2D eigenvalue weighted by Crippen LogP contribution is -2.34. The average Bonchev–Trinajstić information content (AvgIpc) is 2.84. The number of carbonyl (C=O) groups is 1. The van der Waals surface area contributed by atoms with E-state index in [-0.39, 0.29) is 0 Å². The van der Waals surface area contributed by atoms with Crippen LogP contribution in [0.2, 0.25) is 0 Å². The SMILES string of the molecule is O=C(c1ccc(F)c(F)c1F)N1CCc2[nH]c3ccccc3c2CC1. The van der Waals surface area contributed by atoms with Crippen LogP contribution < -0.4 is 0 Å². The zero-order valence-electron chi connectivity index (χ0n) is 13.3. The van der Waals surface area contributed by atoms with Crippen molar-refractivity contribution >= 4 is 16.8 Å². The lowest BCUT2D eigenvalue weighted by atomic mass is 10.1. The molecule has 2 heterocycles. The molecule has 1 aliphatic heterocycles. The molecule has 3 aromatic rings. The van der Waals surface area contributed by atoms with Crippen LogP contribution in [-0.2, 0) is 12.8 Å². The summed E-state index contributed by atoms with van der Waals surface area (Å²) < 4.78 is 40.4. The van der Waals surface area contributed by atoms with Gasteiger partial charge >= 0.3 is 0 Å². The molecule has 1 aromatic heterocycles. The van der Waals surface area contributed by atoms with Crippen molar-refractivity contribution in [3.05, 3.63) is 70.7 Å². The van der Waals surface area contributed by atoms with Crippen LogP contribution in [0.1, 0.15) is 21.6 Å². The quantitative estimate of drug-likeness (QED) is 0.669. The fraction of sp³-hybridized carbons (Fsp3) is 0.211. The van der Waals surface area contributed by atoms with Gasteiger partial charge in [-0.25, -0.2) is 13.2 Å². The number of rotatable bonds is 1. The van der Waals surface area contributed by atoms with E-state index in [0.717, 1.165) is 34.3 Å². The molecule has 128 valence electrons. The number of hydrogen-bond acceptors (Lipinski definition) is 1. The first kappa shape index (κ1) is 15.7. The number of carbonyl (C=O) groups excluding carboxylic acids is 1. The summed E-state index contributed by atoms with van der Waals surface area (Å²) in [6, 6.07) is 9.72. The summed E-state index contributed by atoms with van der Waals surface area (Å²) in [7, 11) is 0. The Morgan fingerprint density at radius 1 is 0.960 bits per heavy atom. The van der Waals surface area contributed by atoms with Crippen LogP contribution in [0.5, 0.6) is 0 Å². The molecule has 6 heteroatoms. The highest BCUT2D eigenvalue weighted by atomic mass is 19.2. The molecule has 0 fully saturated rings. The first-order chi connectivity index (χ1) is 12.1. The molecule has 4 rings (SSSR count). The summed E-state index contributed by atoms with van der Waals surface area (Å²) in [6.07, 6.45) is 1.22. The second kappa shape index (κ2) is 5.95. The summed E-state index contributed by atoms with van der Waals surface area (Å²) >= 11 is 0. The fourth-order valence-electron chi connectivity index (χ4n) is 3.42. The Labute approximate surface area is 142 Å². The van der Waals surface area contributed by atoms with Crippen LogP contribution >= 0.6 is 0 Å². The van der Waals surface area contributed by atoms with Crippen molar-refractivity contribution in [3.63, 3.8) is 0 Å². The molecule has 3 nitrogen and oxygen atoms in total. The van der Waals surface area contributed by atoms with Crippen LogP contribution in [0.4, 0.5) is 13.2 Å². The number of halogens is 3. The lowest BCUT2D eigenvalue weighted by molar-refractivity contribution is 0.0757. The van der Waals surface area contributed by atoms with Gasteiger partial charge in [-0.3, -0.25) is 4.79 Å². The summed E-state index contributed by atoms with van der Waals surface area (Å²) in [5, 5.41) is 1.12. The normalized spacial score (nSPS) is 14.4. The van der Waals surface area contributed by atoms with Crippen molar-refractivity contribution in [3.8, 4) is 0 Å². The van der Waals surface area contributed by atoms with Gasteiger partial charge in [0, 0.05) is 36.1 Å². The van der Waals surface area contributed by atoms with Gasteiger partial charge in [0.1, 0.15) is 0 Å². The van der Waals surface area contributed by atoms with E-state index in [9.17, 15) is 18.0 Å². The summed E-state index contributed by atoms with van der Waals surface area (Å²) in [5.74, 6) is -4.97. The van der Waals surface area contributed by atoms with E-state index >= 15 is 0 Å². The number of H-pyrrole nitrogens is 1. The second-order valence-corrected chi connectivity index (χ2v) is 6.14. The zero-order chi connectivity index (χ0) is 17.6. The fourth-order valence-corrected chi connectivity index (χ4v) is 3.42. The minimum Gasteiger partial charge on any atom is -0.358 e. The summed E-state index contributed by atoms with van der Waals surface area (Å²) in [5.41, 5.74) is 2.83. The number of para-hydroxylation sites is 1. The van der Waals surface area contributed by atoms with E-state index in [1.54, 1.807) is 0 Å². The van der Waals surface area contributed by atoms with Crippen molar-refractivity contribution in [2.45, 2.75) is 12.8 Å². The molecule has 0 aliphatic carbocycles. The predicted molar refractivity (Wildman–Crippen MR) is 87.9 cm³/mol. The van der Waals surface area contributed by atoms with Crippen LogP contribution in [-0.4, -0.2) is 28.9 Å². The van der Waals surface area contributed by atoms with Gasteiger partial charge < -0.3 is 9.88 Å². The summed E-state index contributed by atoms with van der Waals surface area (Å²) in [6.45, 7) is 0.781. The number of aromatic amines is 1. The maximum Gasteiger partial charge on any atom is 0.256 e. The molecule has 25 heavy (non-hydrogen) atoms. The Balaban J connectivity index is 1.61. The molecule has 0 atom stereocenters.